The average molecular weight is 369 g/mol. The summed E-state index contributed by atoms with van der Waals surface area (Å²) in [6.07, 6.45) is 3.83. The first-order valence-corrected chi connectivity index (χ1v) is 9.55. The normalized spacial score (nSPS) is 20.9. The molecule has 2 saturated heterocycles. The molecule has 0 aliphatic carbocycles. The summed E-state index contributed by atoms with van der Waals surface area (Å²) >= 11 is 0. The molecular formula is C19H27N7O. The zero-order chi connectivity index (χ0) is 18.9. The first-order chi connectivity index (χ1) is 13.1. The minimum atomic E-state index is 0.125. The number of amides is 1. The van der Waals surface area contributed by atoms with E-state index in [0.717, 1.165) is 56.7 Å². The number of rotatable bonds is 3. The van der Waals surface area contributed by atoms with Crippen LogP contribution in [-0.4, -0.2) is 93.2 Å². The molecule has 0 atom stereocenters. The summed E-state index contributed by atoms with van der Waals surface area (Å²) in [5, 5.41) is 11.2. The quantitative estimate of drug-likeness (QED) is 0.788. The van der Waals surface area contributed by atoms with E-state index >= 15 is 0 Å². The first kappa shape index (κ1) is 18.1. The number of tetrazole rings is 1. The van der Waals surface area contributed by atoms with Gasteiger partial charge in [0.25, 0.3) is 5.91 Å². The van der Waals surface area contributed by atoms with E-state index in [4.69, 9.17) is 0 Å². The Kier molecular flexibility index (Phi) is 4.92. The molecule has 4 rings (SSSR count). The third-order valence-corrected chi connectivity index (χ3v) is 6.14. The van der Waals surface area contributed by atoms with Gasteiger partial charge in [-0.1, -0.05) is 12.1 Å². The van der Waals surface area contributed by atoms with Gasteiger partial charge in [-0.3, -0.25) is 9.69 Å². The predicted octanol–water partition coefficient (Wildman–Crippen LogP) is 0.573. The van der Waals surface area contributed by atoms with Crippen molar-refractivity contribution in [2.45, 2.75) is 24.9 Å². The van der Waals surface area contributed by atoms with E-state index in [-0.39, 0.29) is 11.4 Å². The number of likely N-dealkylation sites (tertiary alicyclic amines) is 1. The lowest BCUT2D eigenvalue weighted by atomic mass is 9.83. The second kappa shape index (κ2) is 7.36. The van der Waals surface area contributed by atoms with Crippen molar-refractivity contribution in [1.29, 1.82) is 0 Å². The third-order valence-electron chi connectivity index (χ3n) is 6.14. The monoisotopic (exact) mass is 369 g/mol. The number of benzene rings is 1. The molecule has 27 heavy (non-hydrogen) atoms. The molecule has 2 fully saturated rings. The van der Waals surface area contributed by atoms with Crippen LogP contribution in [-0.2, 0) is 6.54 Å². The highest BCUT2D eigenvalue weighted by Crippen LogP contribution is 2.31. The second-order valence-corrected chi connectivity index (χ2v) is 7.88. The number of carbonyl (C=O) groups excluding carboxylic acids is 1. The van der Waals surface area contributed by atoms with Gasteiger partial charge in [-0.15, -0.1) is 5.10 Å². The van der Waals surface area contributed by atoms with Crippen molar-refractivity contribution >= 4 is 5.91 Å². The molecule has 8 heteroatoms. The van der Waals surface area contributed by atoms with Gasteiger partial charge in [0.15, 0.2) is 0 Å². The van der Waals surface area contributed by atoms with Crippen LogP contribution in [0.4, 0.5) is 0 Å². The van der Waals surface area contributed by atoms with Crippen molar-refractivity contribution in [1.82, 2.24) is 34.9 Å². The van der Waals surface area contributed by atoms with Gasteiger partial charge in [0.1, 0.15) is 6.33 Å². The Balaban J connectivity index is 1.44. The fourth-order valence-electron chi connectivity index (χ4n) is 4.19. The summed E-state index contributed by atoms with van der Waals surface area (Å²) in [5.41, 5.74) is 1.95. The van der Waals surface area contributed by atoms with Crippen molar-refractivity contribution in [2.24, 2.45) is 0 Å². The standard InChI is InChI=1S/C19H27N7O/c1-23-9-7-19(8-10-23)14-25(12-11-24(19)2)18(27)17-5-3-16(4-6-17)13-26-15-20-21-22-26/h3-6,15H,7-14H2,1-2H3. The van der Waals surface area contributed by atoms with Crippen LogP contribution in [0, 0.1) is 0 Å². The lowest BCUT2D eigenvalue weighted by Crippen LogP contribution is -2.64. The molecule has 0 bridgehead atoms. The van der Waals surface area contributed by atoms with Crippen LogP contribution in [0.2, 0.25) is 0 Å². The Hall–Kier alpha value is -2.32. The van der Waals surface area contributed by atoms with Crippen molar-refractivity contribution < 1.29 is 4.79 Å². The van der Waals surface area contributed by atoms with Crippen molar-refractivity contribution in [3.63, 3.8) is 0 Å². The first-order valence-electron chi connectivity index (χ1n) is 9.55. The molecule has 8 nitrogen and oxygen atoms in total. The zero-order valence-electron chi connectivity index (χ0n) is 16.1. The molecule has 3 heterocycles. The second-order valence-electron chi connectivity index (χ2n) is 7.88. The number of carbonyl (C=O) groups is 1. The van der Waals surface area contributed by atoms with Crippen LogP contribution in [0.3, 0.4) is 0 Å². The molecule has 1 aromatic carbocycles. The summed E-state index contributed by atoms with van der Waals surface area (Å²) in [7, 11) is 4.39. The van der Waals surface area contributed by atoms with Crippen LogP contribution in [0.15, 0.2) is 30.6 Å². The van der Waals surface area contributed by atoms with Crippen molar-refractivity contribution in [3.8, 4) is 0 Å². The highest BCUT2D eigenvalue weighted by atomic mass is 16.2. The van der Waals surface area contributed by atoms with Crippen molar-refractivity contribution in [2.75, 3.05) is 46.8 Å². The fraction of sp³-hybridized carbons (Fsp3) is 0.579. The highest BCUT2D eigenvalue weighted by Gasteiger charge is 2.42. The Morgan fingerprint density at radius 1 is 1.07 bits per heavy atom. The maximum Gasteiger partial charge on any atom is 0.253 e. The van der Waals surface area contributed by atoms with E-state index in [2.05, 4.69) is 39.4 Å². The molecule has 1 spiro atoms. The van der Waals surface area contributed by atoms with Gasteiger partial charge >= 0.3 is 0 Å². The Labute approximate surface area is 159 Å². The van der Waals surface area contributed by atoms with Gasteiger partial charge in [0.2, 0.25) is 0 Å². The average Bonchev–Trinajstić information content (AvgIpc) is 3.19. The van der Waals surface area contributed by atoms with Crippen LogP contribution in [0.25, 0.3) is 0 Å². The summed E-state index contributed by atoms with van der Waals surface area (Å²) in [6, 6.07) is 7.80. The molecule has 2 aromatic rings. The highest BCUT2D eigenvalue weighted by molar-refractivity contribution is 5.94. The smallest absolute Gasteiger partial charge is 0.253 e. The maximum absolute atomic E-state index is 13.1. The van der Waals surface area contributed by atoms with Gasteiger partial charge in [0.05, 0.1) is 6.54 Å². The Morgan fingerprint density at radius 3 is 2.48 bits per heavy atom. The van der Waals surface area contributed by atoms with Crippen molar-refractivity contribution in [3.05, 3.63) is 41.7 Å². The van der Waals surface area contributed by atoms with E-state index in [9.17, 15) is 4.79 Å². The molecule has 0 unspecified atom stereocenters. The molecule has 0 radical (unpaired) electrons. The Bertz CT molecular complexity index is 766. The number of hydrogen-bond donors (Lipinski definition) is 0. The summed E-state index contributed by atoms with van der Waals surface area (Å²) in [6.45, 7) is 5.34. The summed E-state index contributed by atoms with van der Waals surface area (Å²) in [5.74, 6) is 0.135. The van der Waals surface area contributed by atoms with E-state index in [0.29, 0.717) is 6.54 Å². The van der Waals surface area contributed by atoms with E-state index in [1.807, 2.05) is 29.2 Å². The molecular weight excluding hydrogens is 342 g/mol. The van der Waals surface area contributed by atoms with Gasteiger partial charge in [-0.05, 0) is 68.1 Å². The van der Waals surface area contributed by atoms with E-state index in [1.54, 1.807) is 11.0 Å². The minimum Gasteiger partial charge on any atom is -0.336 e. The fourth-order valence-corrected chi connectivity index (χ4v) is 4.19. The van der Waals surface area contributed by atoms with Crippen LogP contribution in [0.1, 0.15) is 28.8 Å². The number of piperazine rings is 1. The molecule has 2 aliphatic heterocycles. The summed E-state index contributed by atoms with van der Waals surface area (Å²) < 4.78 is 1.67. The van der Waals surface area contributed by atoms with Crippen LogP contribution < -0.4 is 0 Å². The number of likely N-dealkylation sites (N-methyl/N-ethyl adjacent to an activating group) is 1. The lowest BCUT2D eigenvalue weighted by molar-refractivity contribution is -0.0170. The topological polar surface area (TPSA) is 70.4 Å². The van der Waals surface area contributed by atoms with E-state index < -0.39 is 0 Å². The SMILES string of the molecule is CN1CCC2(CC1)CN(C(=O)c1ccc(Cn3cnnn3)cc1)CCN2C. The van der Waals surface area contributed by atoms with Gasteiger partial charge in [-0.25, -0.2) is 4.68 Å². The molecule has 2 aliphatic rings. The molecule has 1 aromatic heterocycles. The van der Waals surface area contributed by atoms with E-state index in [1.165, 1.54) is 0 Å². The number of nitrogens with zero attached hydrogens (tertiary/aromatic N) is 7. The largest absolute Gasteiger partial charge is 0.336 e. The number of piperidine rings is 1. The Morgan fingerprint density at radius 2 is 1.81 bits per heavy atom. The molecule has 0 N–H and O–H groups in total. The van der Waals surface area contributed by atoms with Gasteiger partial charge in [-0.2, -0.15) is 0 Å². The van der Waals surface area contributed by atoms with Crippen LogP contribution >= 0.6 is 0 Å². The predicted molar refractivity (Wildman–Crippen MR) is 101 cm³/mol. The van der Waals surface area contributed by atoms with Crippen LogP contribution in [0.5, 0.6) is 0 Å². The number of hydrogen-bond acceptors (Lipinski definition) is 6. The molecule has 0 saturated carbocycles. The zero-order valence-corrected chi connectivity index (χ0v) is 16.1. The lowest BCUT2D eigenvalue weighted by Gasteiger charge is -2.52. The molecule has 1 amide bonds. The number of aromatic nitrogens is 4. The van der Waals surface area contributed by atoms with Gasteiger partial charge < -0.3 is 9.80 Å². The maximum atomic E-state index is 13.1. The van der Waals surface area contributed by atoms with Gasteiger partial charge in [0, 0.05) is 30.7 Å². The minimum absolute atomic E-state index is 0.125. The summed E-state index contributed by atoms with van der Waals surface area (Å²) in [4.78, 5) is 20.0. The molecule has 144 valence electrons. The third kappa shape index (κ3) is 3.72.